The van der Waals surface area contributed by atoms with Crippen LogP contribution in [0.4, 0.5) is 0 Å². The van der Waals surface area contributed by atoms with Gasteiger partial charge in [-0.2, -0.15) is 0 Å². The van der Waals surface area contributed by atoms with Crippen LogP contribution in [0.3, 0.4) is 0 Å². The Labute approximate surface area is 109 Å². The molecule has 3 rings (SSSR count). The summed E-state index contributed by atoms with van der Waals surface area (Å²) in [5.74, 6) is 2.12. The molecule has 2 heterocycles. The Morgan fingerprint density at radius 1 is 1.44 bits per heavy atom. The van der Waals surface area contributed by atoms with Gasteiger partial charge in [0.15, 0.2) is 0 Å². The maximum Gasteiger partial charge on any atom is 0.122 e. The van der Waals surface area contributed by atoms with Crippen molar-refractivity contribution >= 4 is 0 Å². The van der Waals surface area contributed by atoms with Crippen molar-refractivity contribution in [3.8, 4) is 0 Å². The molecule has 2 atom stereocenters. The van der Waals surface area contributed by atoms with E-state index in [1.165, 1.54) is 31.6 Å². The Bertz CT molecular complexity index is 396. The second kappa shape index (κ2) is 5.02. The Balaban J connectivity index is 1.67. The van der Waals surface area contributed by atoms with Gasteiger partial charge in [-0.15, -0.1) is 0 Å². The van der Waals surface area contributed by atoms with Gasteiger partial charge in [-0.25, -0.2) is 4.98 Å². The summed E-state index contributed by atoms with van der Waals surface area (Å²) < 4.78 is 2.14. The van der Waals surface area contributed by atoms with E-state index in [9.17, 15) is 0 Å². The van der Waals surface area contributed by atoms with Crippen molar-refractivity contribution < 1.29 is 0 Å². The number of imidazole rings is 1. The van der Waals surface area contributed by atoms with Crippen LogP contribution in [0.15, 0.2) is 12.4 Å². The molecule has 1 aromatic heterocycles. The Morgan fingerprint density at radius 3 is 2.89 bits per heavy atom. The van der Waals surface area contributed by atoms with Crippen molar-refractivity contribution in [1.29, 1.82) is 0 Å². The molecule has 1 aliphatic carbocycles. The van der Waals surface area contributed by atoms with Crippen molar-refractivity contribution in [2.24, 2.45) is 13.0 Å². The molecule has 1 N–H and O–H groups in total. The SMILES string of the molecule is CCC1CNC(C2CC2)CN1Cc1nccn1C. The third-order valence-corrected chi connectivity index (χ3v) is 4.49. The highest BCUT2D eigenvalue weighted by Crippen LogP contribution is 2.34. The van der Waals surface area contributed by atoms with Crippen molar-refractivity contribution in [2.45, 2.75) is 44.8 Å². The zero-order chi connectivity index (χ0) is 12.5. The highest BCUT2D eigenvalue weighted by molar-refractivity contribution is 4.97. The van der Waals surface area contributed by atoms with Crippen LogP contribution in [0, 0.1) is 5.92 Å². The lowest BCUT2D eigenvalue weighted by Gasteiger charge is -2.40. The minimum atomic E-state index is 0.664. The molecule has 1 saturated heterocycles. The number of rotatable bonds is 4. The smallest absolute Gasteiger partial charge is 0.122 e. The number of nitrogens with zero attached hydrogens (tertiary/aromatic N) is 3. The monoisotopic (exact) mass is 248 g/mol. The van der Waals surface area contributed by atoms with E-state index in [1.807, 2.05) is 12.4 Å². The molecule has 1 aromatic rings. The van der Waals surface area contributed by atoms with Gasteiger partial charge in [-0.3, -0.25) is 4.90 Å². The van der Waals surface area contributed by atoms with Crippen LogP contribution in [-0.4, -0.2) is 39.6 Å². The predicted molar refractivity (Wildman–Crippen MR) is 72.2 cm³/mol. The van der Waals surface area contributed by atoms with Gasteiger partial charge in [-0.1, -0.05) is 6.92 Å². The maximum absolute atomic E-state index is 4.47. The average molecular weight is 248 g/mol. The van der Waals surface area contributed by atoms with Crippen LogP contribution in [-0.2, 0) is 13.6 Å². The Kier molecular flexibility index (Phi) is 3.39. The fourth-order valence-corrected chi connectivity index (χ4v) is 3.02. The molecule has 100 valence electrons. The van der Waals surface area contributed by atoms with Crippen LogP contribution >= 0.6 is 0 Å². The lowest BCUT2D eigenvalue weighted by atomic mass is 10.0. The van der Waals surface area contributed by atoms with Crippen LogP contribution in [0.5, 0.6) is 0 Å². The predicted octanol–water partition coefficient (Wildman–Crippen LogP) is 1.38. The zero-order valence-corrected chi connectivity index (χ0v) is 11.5. The van der Waals surface area contributed by atoms with E-state index in [2.05, 4.69) is 33.7 Å². The largest absolute Gasteiger partial charge is 0.337 e. The second-order valence-corrected chi connectivity index (χ2v) is 5.80. The molecule has 1 saturated carbocycles. The van der Waals surface area contributed by atoms with Crippen LogP contribution in [0.2, 0.25) is 0 Å². The van der Waals surface area contributed by atoms with Gasteiger partial charge in [0.2, 0.25) is 0 Å². The third-order valence-electron chi connectivity index (χ3n) is 4.49. The fourth-order valence-electron chi connectivity index (χ4n) is 3.02. The van der Waals surface area contributed by atoms with Crippen molar-refractivity contribution in [2.75, 3.05) is 13.1 Å². The first-order valence-electron chi connectivity index (χ1n) is 7.21. The lowest BCUT2D eigenvalue weighted by Crippen LogP contribution is -2.56. The molecular weight excluding hydrogens is 224 g/mol. The molecular formula is C14H24N4. The molecule has 2 aliphatic rings. The van der Waals surface area contributed by atoms with E-state index >= 15 is 0 Å². The van der Waals surface area contributed by atoms with Gasteiger partial charge in [0.25, 0.3) is 0 Å². The quantitative estimate of drug-likeness (QED) is 0.874. The molecule has 18 heavy (non-hydrogen) atoms. The fraction of sp³-hybridized carbons (Fsp3) is 0.786. The summed E-state index contributed by atoms with van der Waals surface area (Å²) in [5.41, 5.74) is 0. The number of aryl methyl sites for hydroxylation is 1. The average Bonchev–Trinajstić information content (AvgIpc) is 3.15. The third kappa shape index (κ3) is 2.45. The van der Waals surface area contributed by atoms with E-state index in [0.717, 1.165) is 19.0 Å². The summed E-state index contributed by atoms with van der Waals surface area (Å²) in [6, 6.07) is 1.38. The molecule has 0 amide bonds. The molecule has 4 nitrogen and oxygen atoms in total. The summed E-state index contributed by atoms with van der Waals surface area (Å²) in [4.78, 5) is 7.09. The van der Waals surface area contributed by atoms with E-state index < -0.39 is 0 Å². The van der Waals surface area contributed by atoms with E-state index in [1.54, 1.807) is 0 Å². The van der Waals surface area contributed by atoms with Crippen molar-refractivity contribution in [1.82, 2.24) is 19.8 Å². The lowest BCUT2D eigenvalue weighted by molar-refractivity contribution is 0.108. The summed E-state index contributed by atoms with van der Waals surface area (Å²) in [5, 5.41) is 3.74. The van der Waals surface area contributed by atoms with Crippen LogP contribution in [0.1, 0.15) is 32.0 Å². The highest BCUT2D eigenvalue weighted by Gasteiger charge is 2.36. The molecule has 0 aromatic carbocycles. The standard InChI is InChI=1S/C14H24N4/c1-3-12-8-16-13(11-4-5-11)9-18(12)10-14-15-6-7-17(14)2/h6-7,11-13,16H,3-5,8-10H2,1-2H3. The molecule has 2 fully saturated rings. The van der Waals surface area contributed by atoms with Crippen molar-refractivity contribution in [3.05, 3.63) is 18.2 Å². The van der Waals surface area contributed by atoms with Gasteiger partial charge < -0.3 is 9.88 Å². The first-order valence-corrected chi connectivity index (χ1v) is 7.21. The van der Waals surface area contributed by atoms with Gasteiger partial charge >= 0.3 is 0 Å². The molecule has 1 aliphatic heterocycles. The molecule has 0 radical (unpaired) electrons. The summed E-state index contributed by atoms with van der Waals surface area (Å²) in [7, 11) is 2.09. The Hall–Kier alpha value is -0.870. The molecule has 0 spiro atoms. The molecule has 0 bridgehead atoms. The van der Waals surface area contributed by atoms with Crippen LogP contribution in [0.25, 0.3) is 0 Å². The number of piperazine rings is 1. The normalized spacial score (nSPS) is 29.7. The summed E-state index contributed by atoms with van der Waals surface area (Å²) >= 11 is 0. The number of hydrogen-bond donors (Lipinski definition) is 1. The maximum atomic E-state index is 4.47. The highest BCUT2D eigenvalue weighted by atomic mass is 15.3. The second-order valence-electron chi connectivity index (χ2n) is 5.80. The van der Waals surface area contributed by atoms with Gasteiger partial charge in [0.1, 0.15) is 5.82 Å². The molecule has 4 heteroatoms. The van der Waals surface area contributed by atoms with Gasteiger partial charge in [0.05, 0.1) is 6.54 Å². The van der Waals surface area contributed by atoms with Gasteiger partial charge in [0, 0.05) is 44.6 Å². The minimum absolute atomic E-state index is 0.664. The van der Waals surface area contributed by atoms with E-state index in [-0.39, 0.29) is 0 Å². The first kappa shape index (κ1) is 12.2. The first-order chi connectivity index (χ1) is 8.78. The number of aromatic nitrogens is 2. The summed E-state index contributed by atoms with van der Waals surface area (Å²) in [6.45, 7) is 5.61. The van der Waals surface area contributed by atoms with Crippen molar-refractivity contribution in [3.63, 3.8) is 0 Å². The van der Waals surface area contributed by atoms with Gasteiger partial charge in [-0.05, 0) is 25.2 Å². The minimum Gasteiger partial charge on any atom is -0.337 e. The Morgan fingerprint density at radius 2 is 2.28 bits per heavy atom. The number of nitrogens with one attached hydrogen (secondary N) is 1. The zero-order valence-electron chi connectivity index (χ0n) is 11.5. The molecule has 2 unspecified atom stereocenters. The van der Waals surface area contributed by atoms with E-state index in [4.69, 9.17) is 0 Å². The number of hydrogen-bond acceptors (Lipinski definition) is 3. The van der Waals surface area contributed by atoms with Crippen LogP contribution < -0.4 is 5.32 Å². The summed E-state index contributed by atoms with van der Waals surface area (Å²) in [6.07, 6.45) is 8.00. The topological polar surface area (TPSA) is 33.1 Å². The van der Waals surface area contributed by atoms with E-state index in [0.29, 0.717) is 12.1 Å².